The van der Waals surface area contributed by atoms with Crippen LogP contribution in [0.2, 0.25) is 0 Å². The van der Waals surface area contributed by atoms with Crippen molar-refractivity contribution in [1.29, 1.82) is 0 Å². The summed E-state index contributed by atoms with van der Waals surface area (Å²) in [5, 5.41) is -0.260. The van der Waals surface area contributed by atoms with Gasteiger partial charge in [-0.05, 0) is 25.2 Å². The van der Waals surface area contributed by atoms with Crippen LogP contribution >= 0.6 is 11.6 Å². The molecule has 0 bridgehead atoms. The maximum absolute atomic E-state index is 11.4. The van der Waals surface area contributed by atoms with Gasteiger partial charge in [0.15, 0.2) is 9.84 Å². The summed E-state index contributed by atoms with van der Waals surface area (Å²) in [6, 6.07) is 0. The highest BCUT2D eigenvalue weighted by Gasteiger charge is 2.41. The van der Waals surface area contributed by atoms with Gasteiger partial charge in [0.2, 0.25) is 0 Å². The molecule has 0 amide bonds. The summed E-state index contributed by atoms with van der Waals surface area (Å²) in [7, 11) is -2.84. The van der Waals surface area contributed by atoms with E-state index in [4.69, 9.17) is 11.6 Å². The monoisotopic (exact) mass is 224 g/mol. The smallest absolute Gasteiger partial charge is 0.153 e. The molecule has 0 aromatic carbocycles. The molecule has 0 radical (unpaired) electrons. The average molecular weight is 225 g/mol. The van der Waals surface area contributed by atoms with Gasteiger partial charge >= 0.3 is 0 Å². The van der Waals surface area contributed by atoms with Gasteiger partial charge in [0.25, 0.3) is 0 Å². The van der Waals surface area contributed by atoms with Gasteiger partial charge < -0.3 is 0 Å². The zero-order valence-electron chi connectivity index (χ0n) is 8.33. The first-order valence-electron chi connectivity index (χ1n) is 4.72. The van der Waals surface area contributed by atoms with Crippen molar-refractivity contribution in [3.63, 3.8) is 0 Å². The Hall–Kier alpha value is 0.240. The molecule has 13 heavy (non-hydrogen) atoms. The highest BCUT2D eigenvalue weighted by Crippen LogP contribution is 2.34. The summed E-state index contributed by atoms with van der Waals surface area (Å²) < 4.78 is 22.9. The predicted molar refractivity (Wildman–Crippen MR) is 55.8 cm³/mol. The van der Waals surface area contributed by atoms with E-state index in [1.807, 2.05) is 13.8 Å². The van der Waals surface area contributed by atoms with Crippen molar-refractivity contribution in [2.24, 2.45) is 11.8 Å². The standard InChI is InChI=1S/C9H17ClO2S/c1-6(2)9(10)8-4-5-13(11,12)7(8)3/h6-9H,4-5H2,1-3H3. The van der Waals surface area contributed by atoms with Gasteiger partial charge in [0, 0.05) is 5.38 Å². The number of alkyl halides is 1. The van der Waals surface area contributed by atoms with Crippen molar-refractivity contribution in [2.75, 3.05) is 5.75 Å². The largest absolute Gasteiger partial charge is 0.229 e. The van der Waals surface area contributed by atoms with Crippen molar-refractivity contribution < 1.29 is 8.42 Å². The minimum Gasteiger partial charge on any atom is -0.229 e. The van der Waals surface area contributed by atoms with E-state index < -0.39 is 9.84 Å². The Bertz CT molecular complexity index is 271. The molecule has 1 saturated heterocycles. The Labute approximate surface area is 85.6 Å². The Balaban J connectivity index is 2.76. The van der Waals surface area contributed by atoms with Crippen molar-refractivity contribution in [3.8, 4) is 0 Å². The molecule has 3 unspecified atom stereocenters. The quantitative estimate of drug-likeness (QED) is 0.673. The van der Waals surface area contributed by atoms with Crippen LogP contribution in [0.4, 0.5) is 0 Å². The van der Waals surface area contributed by atoms with Crippen LogP contribution in [-0.2, 0) is 9.84 Å². The number of rotatable bonds is 2. The fraction of sp³-hybridized carbons (Fsp3) is 1.00. The van der Waals surface area contributed by atoms with Crippen LogP contribution in [0.1, 0.15) is 27.2 Å². The van der Waals surface area contributed by atoms with Crippen LogP contribution in [0.3, 0.4) is 0 Å². The first-order chi connectivity index (χ1) is 5.86. The molecule has 4 heteroatoms. The summed E-state index contributed by atoms with van der Waals surface area (Å²) in [5.41, 5.74) is 0. The lowest BCUT2D eigenvalue weighted by Crippen LogP contribution is -2.28. The lowest BCUT2D eigenvalue weighted by molar-refractivity contribution is 0.417. The zero-order chi connectivity index (χ0) is 10.2. The molecule has 0 spiro atoms. The minimum absolute atomic E-state index is 0.00715. The fourth-order valence-corrected chi connectivity index (χ4v) is 4.14. The van der Waals surface area contributed by atoms with Gasteiger partial charge in [-0.2, -0.15) is 0 Å². The molecule has 1 aliphatic heterocycles. The highest BCUT2D eigenvalue weighted by atomic mass is 35.5. The van der Waals surface area contributed by atoms with Crippen LogP contribution < -0.4 is 0 Å². The SMILES string of the molecule is CC(C)C(Cl)C1CCS(=O)(=O)C1C. The topological polar surface area (TPSA) is 34.1 Å². The Morgan fingerprint density at radius 1 is 1.38 bits per heavy atom. The van der Waals surface area contributed by atoms with Crippen LogP contribution in [-0.4, -0.2) is 24.8 Å². The molecule has 78 valence electrons. The van der Waals surface area contributed by atoms with Crippen molar-refractivity contribution in [1.82, 2.24) is 0 Å². The number of halogens is 1. The Morgan fingerprint density at radius 2 is 1.92 bits per heavy atom. The minimum atomic E-state index is -2.84. The van der Waals surface area contributed by atoms with E-state index in [0.29, 0.717) is 11.7 Å². The van der Waals surface area contributed by atoms with Crippen molar-refractivity contribution in [2.45, 2.75) is 37.8 Å². The van der Waals surface area contributed by atoms with Crippen molar-refractivity contribution in [3.05, 3.63) is 0 Å². The summed E-state index contributed by atoms with van der Waals surface area (Å²) in [6.45, 7) is 5.86. The van der Waals surface area contributed by atoms with E-state index in [9.17, 15) is 8.42 Å². The normalized spacial score (nSPS) is 35.2. The van der Waals surface area contributed by atoms with E-state index in [-0.39, 0.29) is 16.5 Å². The molecule has 0 N–H and O–H groups in total. The van der Waals surface area contributed by atoms with E-state index in [0.717, 1.165) is 6.42 Å². The first-order valence-corrected chi connectivity index (χ1v) is 6.87. The van der Waals surface area contributed by atoms with E-state index in [2.05, 4.69) is 0 Å². The van der Waals surface area contributed by atoms with Gasteiger partial charge in [-0.25, -0.2) is 8.42 Å². The van der Waals surface area contributed by atoms with E-state index in [1.165, 1.54) is 0 Å². The summed E-state index contributed by atoms with van der Waals surface area (Å²) in [4.78, 5) is 0. The van der Waals surface area contributed by atoms with Gasteiger partial charge in [0.1, 0.15) is 0 Å². The molecule has 1 heterocycles. The molecular formula is C9H17ClO2S. The third kappa shape index (κ3) is 2.18. The van der Waals surface area contributed by atoms with Crippen LogP contribution in [0.5, 0.6) is 0 Å². The molecule has 1 rings (SSSR count). The Kier molecular flexibility index (Phi) is 3.29. The second-order valence-corrected chi connectivity index (χ2v) is 7.19. The number of sulfone groups is 1. The molecule has 3 atom stereocenters. The third-order valence-corrected chi connectivity index (χ3v) is 6.07. The van der Waals surface area contributed by atoms with Gasteiger partial charge in [-0.3, -0.25) is 0 Å². The van der Waals surface area contributed by atoms with Crippen LogP contribution in [0.15, 0.2) is 0 Å². The molecule has 0 aliphatic carbocycles. The maximum Gasteiger partial charge on any atom is 0.153 e. The van der Waals surface area contributed by atoms with Crippen LogP contribution in [0.25, 0.3) is 0 Å². The second kappa shape index (κ2) is 3.77. The number of hydrogen-bond acceptors (Lipinski definition) is 2. The summed E-state index contributed by atoms with van der Waals surface area (Å²) in [5.74, 6) is 0.809. The molecular weight excluding hydrogens is 208 g/mol. The van der Waals surface area contributed by atoms with Gasteiger partial charge in [-0.15, -0.1) is 11.6 Å². The third-order valence-electron chi connectivity index (χ3n) is 2.95. The maximum atomic E-state index is 11.4. The van der Waals surface area contributed by atoms with E-state index >= 15 is 0 Å². The lowest BCUT2D eigenvalue weighted by atomic mass is 9.92. The fourth-order valence-electron chi connectivity index (χ4n) is 1.90. The van der Waals surface area contributed by atoms with Gasteiger partial charge in [0.05, 0.1) is 11.0 Å². The molecule has 1 aliphatic rings. The molecule has 2 nitrogen and oxygen atoms in total. The molecule has 1 fully saturated rings. The van der Waals surface area contributed by atoms with Gasteiger partial charge in [-0.1, -0.05) is 13.8 Å². The Morgan fingerprint density at radius 3 is 2.23 bits per heavy atom. The molecule has 0 saturated carbocycles. The van der Waals surface area contributed by atoms with E-state index in [1.54, 1.807) is 6.92 Å². The molecule has 0 aromatic rings. The second-order valence-electron chi connectivity index (χ2n) is 4.21. The average Bonchev–Trinajstić information content (AvgIpc) is 2.27. The highest BCUT2D eigenvalue weighted by molar-refractivity contribution is 7.92. The number of hydrogen-bond donors (Lipinski definition) is 0. The van der Waals surface area contributed by atoms with Crippen LogP contribution in [0, 0.1) is 11.8 Å². The lowest BCUT2D eigenvalue weighted by Gasteiger charge is -2.23. The zero-order valence-corrected chi connectivity index (χ0v) is 9.90. The predicted octanol–water partition coefficient (Wildman–Crippen LogP) is 2.07. The summed E-state index contributed by atoms with van der Waals surface area (Å²) in [6.07, 6.45) is 0.732. The van der Waals surface area contributed by atoms with Crippen molar-refractivity contribution >= 4 is 21.4 Å². The first kappa shape index (κ1) is 11.3. The molecule has 0 aromatic heterocycles. The summed E-state index contributed by atoms with van der Waals surface area (Å²) >= 11 is 6.18.